The summed E-state index contributed by atoms with van der Waals surface area (Å²) in [5.74, 6) is -63.4. The zero-order valence-corrected chi connectivity index (χ0v) is 22.4. The third kappa shape index (κ3) is 6.81. The Hall–Kier alpha value is -2.88. The lowest BCUT2D eigenvalue weighted by atomic mass is 9.88. The minimum absolute atomic E-state index is 0.0453. The van der Waals surface area contributed by atoms with Crippen LogP contribution in [-0.2, 0) is 0 Å². The van der Waals surface area contributed by atoms with Crippen molar-refractivity contribution in [3.8, 4) is 5.75 Å². The van der Waals surface area contributed by atoms with E-state index in [9.17, 15) is 88.2 Å². The second kappa shape index (κ2) is 11.7. The Balaban J connectivity index is 3.36. The molecule has 0 fully saturated rings. The molecule has 4 nitrogen and oxygen atoms in total. The molecule has 0 aliphatic carbocycles. The molecule has 0 heterocycles. The Bertz CT molecular complexity index is 1190. The van der Waals surface area contributed by atoms with Crippen LogP contribution in [0.15, 0.2) is 24.3 Å². The number of alkyl halides is 19. The summed E-state index contributed by atoms with van der Waals surface area (Å²) in [5, 5.41) is 2.32. The number of carbonyl (C=O) groups excluding carboxylic acids is 1. The highest BCUT2D eigenvalue weighted by Crippen LogP contribution is 2.65. The van der Waals surface area contributed by atoms with Crippen LogP contribution in [0.5, 0.6) is 5.75 Å². The Labute approximate surface area is 239 Å². The molecule has 0 radical (unpaired) electrons. The highest BCUT2D eigenvalue weighted by Gasteiger charge is 2.97. The molecule has 0 bridgehead atoms. The van der Waals surface area contributed by atoms with Gasteiger partial charge >= 0.3 is 53.7 Å². The molecule has 1 amide bonds. The van der Waals surface area contributed by atoms with E-state index in [1.165, 1.54) is 0 Å². The smallest absolute Gasteiger partial charge is 0.428 e. The van der Waals surface area contributed by atoms with E-state index in [0.29, 0.717) is 29.6 Å². The molecule has 0 saturated heterocycles. The molecular weight excluding hydrogens is 685 g/mol. The predicted molar refractivity (Wildman–Crippen MR) is 113 cm³/mol. The van der Waals surface area contributed by atoms with Gasteiger partial charge in [0, 0.05) is 18.5 Å². The summed E-state index contributed by atoms with van der Waals surface area (Å²) in [5.41, 5.74) is -0.432. The maximum Gasteiger partial charge on any atom is 0.471 e. The molecule has 0 atom stereocenters. The third-order valence-electron chi connectivity index (χ3n) is 5.74. The van der Waals surface area contributed by atoms with Crippen molar-refractivity contribution in [2.45, 2.75) is 60.2 Å². The maximum absolute atomic E-state index is 14.0. The fourth-order valence-electron chi connectivity index (χ4n) is 3.09. The Morgan fingerprint density at radius 1 is 0.600 bits per heavy atom. The van der Waals surface area contributed by atoms with Crippen molar-refractivity contribution in [1.82, 2.24) is 5.32 Å². The maximum atomic E-state index is 14.0. The monoisotopic (exact) mass is 705 g/mol. The van der Waals surface area contributed by atoms with Gasteiger partial charge in [-0.25, -0.2) is 0 Å². The number of rotatable bonds is 14. The van der Waals surface area contributed by atoms with E-state index in [-0.39, 0.29) is 18.7 Å². The van der Waals surface area contributed by atoms with Crippen LogP contribution in [0.3, 0.4) is 0 Å². The first-order chi connectivity index (χ1) is 19.6. The molecule has 1 rings (SSSR count). The number of hydrogen-bond acceptors (Lipinski definition) is 2. The zero-order chi connectivity index (χ0) is 36.1. The number of carbonyl (C=O) groups is 1. The normalized spacial score (nSPS) is 15.2. The van der Waals surface area contributed by atoms with Gasteiger partial charge in [0.2, 0.25) is 0 Å². The largest absolute Gasteiger partial charge is 0.471 e. The van der Waals surface area contributed by atoms with Gasteiger partial charge in [-0.1, -0.05) is 0 Å². The highest BCUT2D eigenvalue weighted by atomic mass is 19.4. The van der Waals surface area contributed by atoms with E-state index in [1.807, 2.05) is 0 Å². The second-order valence-electron chi connectivity index (χ2n) is 10.3. The van der Waals surface area contributed by atoms with Gasteiger partial charge in [0.15, 0.2) is 0 Å². The molecule has 1 aromatic carbocycles. The summed E-state index contributed by atoms with van der Waals surface area (Å²) in [6.45, 7) is 0.593. The van der Waals surface area contributed by atoms with Gasteiger partial charge in [0.1, 0.15) is 5.75 Å². The Morgan fingerprint density at radius 3 is 1.31 bits per heavy atom. The van der Waals surface area contributed by atoms with Crippen molar-refractivity contribution in [3.05, 3.63) is 29.8 Å². The minimum atomic E-state index is -9.01. The van der Waals surface area contributed by atoms with E-state index in [0.717, 1.165) is 0 Å². The number of benzene rings is 1. The first kappa shape index (κ1) is 40.1. The van der Waals surface area contributed by atoms with Crippen molar-refractivity contribution >= 4 is 5.91 Å². The third-order valence-corrected chi connectivity index (χ3v) is 5.74. The Kier molecular flexibility index (Phi) is 10.5. The van der Waals surface area contributed by atoms with E-state index in [1.54, 1.807) is 21.1 Å². The summed E-state index contributed by atoms with van der Waals surface area (Å²) in [7, 11) is 5.40. The first-order valence-electron chi connectivity index (χ1n) is 11.5. The lowest BCUT2D eigenvalue weighted by Gasteiger charge is -2.43. The van der Waals surface area contributed by atoms with Gasteiger partial charge in [-0.3, -0.25) is 4.79 Å². The van der Waals surface area contributed by atoms with E-state index in [4.69, 9.17) is 0 Å². The number of quaternary nitrogens is 1. The highest BCUT2D eigenvalue weighted by molar-refractivity contribution is 5.94. The molecule has 45 heavy (non-hydrogen) atoms. The number of nitrogens with zero attached hydrogens (tertiary/aromatic N) is 1. The number of halogens is 19. The first-order valence-corrected chi connectivity index (χ1v) is 11.5. The molecule has 0 aromatic heterocycles. The molecular formula is C22H20F19N2O2+. The Morgan fingerprint density at radius 2 is 0.956 bits per heavy atom. The van der Waals surface area contributed by atoms with Crippen LogP contribution in [0.1, 0.15) is 16.8 Å². The van der Waals surface area contributed by atoms with Gasteiger partial charge in [0.05, 0.1) is 27.7 Å². The van der Waals surface area contributed by atoms with E-state index in [2.05, 4.69) is 10.1 Å². The predicted octanol–water partition coefficient (Wildman–Crippen LogP) is 7.49. The van der Waals surface area contributed by atoms with E-state index >= 15 is 0 Å². The number of amides is 1. The van der Waals surface area contributed by atoms with Gasteiger partial charge in [-0.05, 0) is 24.3 Å². The van der Waals surface area contributed by atoms with Crippen LogP contribution in [0.2, 0.25) is 0 Å². The molecule has 0 unspecified atom stereocenters. The topological polar surface area (TPSA) is 38.3 Å². The molecule has 1 N–H and O–H groups in total. The number of nitrogens with one attached hydrogen (secondary N) is 1. The quantitative estimate of drug-likeness (QED) is 0.124. The van der Waals surface area contributed by atoms with Crippen LogP contribution in [0.25, 0.3) is 0 Å². The van der Waals surface area contributed by atoms with Gasteiger partial charge in [-0.15, -0.1) is 0 Å². The molecule has 23 heteroatoms. The standard InChI is InChI=1S/C22H19F19N2O2/c1-43(2,3)10-4-9-42-13(44)11-5-7-12(8-6-11)45-22(40,41)20(35,36)18(31,32)16(27,28)14(23,24)15(25,26)17(29,30)19(33,34)21(37,38)39/h5-8H,4,9-10H2,1-3H3/p+1. The van der Waals surface area contributed by atoms with Crippen molar-refractivity contribution in [2.24, 2.45) is 0 Å². The summed E-state index contributed by atoms with van der Waals surface area (Å²) in [4.78, 5) is 12.0. The zero-order valence-electron chi connectivity index (χ0n) is 22.4. The van der Waals surface area contributed by atoms with Gasteiger partial charge < -0.3 is 14.5 Å². The second-order valence-corrected chi connectivity index (χ2v) is 10.3. The summed E-state index contributed by atoms with van der Waals surface area (Å²) in [6.07, 6.45) is -14.7. The van der Waals surface area contributed by atoms with Crippen LogP contribution >= 0.6 is 0 Å². The molecule has 0 aliphatic heterocycles. The SMILES string of the molecule is C[N+](C)(C)CCCNC(=O)c1ccc(OC(F)(F)C(F)(F)C(F)(F)C(F)(F)C(F)(F)C(F)(F)C(F)(F)C(F)(F)C(F)(F)F)cc1. The fraction of sp³-hybridized carbons (Fsp3) is 0.682. The fourth-order valence-corrected chi connectivity index (χ4v) is 3.09. The summed E-state index contributed by atoms with van der Waals surface area (Å²) in [6, 6.07) is 1.29. The molecule has 0 aliphatic rings. The van der Waals surface area contributed by atoms with Crippen molar-refractivity contribution in [2.75, 3.05) is 34.2 Å². The summed E-state index contributed by atoms with van der Waals surface area (Å²) < 4.78 is 258. The average Bonchev–Trinajstić information content (AvgIpc) is 2.84. The van der Waals surface area contributed by atoms with Gasteiger partial charge in [0.25, 0.3) is 5.91 Å². The van der Waals surface area contributed by atoms with E-state index < -0.39 is 71.0 Å². The van der Waals surface area contributed by atoms with Crippen molar-refractivity contribution < 1.29 is 97.4 Å². The van der Waals surface area contributed by atoms with Crippen LogP contribution in [-0.4, -0.2) is 98.4 Å². The lowest BCUT2D eigenvalue weighted by Crippen LogP contribution is -2.76. The molecule has 262 valence electrons. The average molecular weight is 705 g/mol. The number of hydrogen-bond donors (Lipinski definition) is 1. The summed E-state index contributed by atoms with van der Waals surface area (Å²) >= 11 is 0. The van der Waals surface area contributed by atoms with Crippen LogP contribution in [0, 0.1) is 0 Å². The molecule has 0 spiro atoms. The van der Waals surface area contributed by atoms with Gasteiger partial charge in [-0.2, -0.15) is 83.4 Å². The molecule has 1 aromatic rings. The van der Waals surface area contributed by atoms with Crippen molar-refractivity contribution in [1.29, 1.82) is 0 Å². The van der Waals surface area contributed by atoms with Crippen molar-refractivity contribution in [3.63, 3.8) is 0 Å². The minimum Gasteiger partial charge on any atom is -0.428 e. The number of ether oxygens (including phenoxy) is 1. The molecule has 0 saturated carbocycles. The van der Waals surface area contributed by atoms with Crippen LogP contribution in [0.4, 0.5) is 83.4 Å². The lowest BCUT2D eigenvalue weighted by molar-refractivity contribution is -0.870. The van der Waals surface area contributed by atoms with Crippen LogP contribution < -0.4 is 10.1 Å².